The van der Waals surface area contributed by atoms with Gasteiger partial charge >= 0.3 is 0 Å². The van der Waals surface area contributed by atoms with Gasteiger partial charge in [0, 0.05) is 5.02 Å². The third-order valence-corrected chi connectivity index (χ3v) is 2.66. The Morgan fingerprint density at radius 3 is 2.81 bits per heavy atom. The highest BCUT2D eigenvalue weighted by molar-refractivity contribution is 6.31. The van der Waals surface area contributed by atoms with Crippen molar-refractivity contribution in [1.29, 1.82) is 0 Å². The summed E-state index contributed by atoms with van der Waals surface area (Å²) in [5, 5.41) is 3.24. The van der Waals surface area contributed by atoms with Gasteiger partial charge in [0.2, 0.25) is 5.91 Å². The fourth-order valence-corrected chi connectivity index (χ4v) is 1.70. The van der Waals surface area contributed by atoms with Crippen LogP contribution in [0.15, 0.2) is 36.9 Å². The maximum Gasteiger partial charge on any atom is 0.225 e. The van der Waals surface area contributed by atoms with Crippen LogP contribution in [0, 0.1) is 0 Å². The van der Waals surface area contributed by atoms with Crippen molar-refractivity contribution in [3.8, 4) is 0 Å². The first-order valence-electron chi connectivity index (χ1n) is 4.91. The summed E-state index contributed by atoms with van der Waals surface area (Å²) in [6, 6.07) is 7.24. The normalized spacial score (nSPS) is 11.9. The minimum atomic E-state index is -0.410. The van der Waals surface area contributed by atoms with E-state index < -0.39 is 5.50 Å². The molecule has 1 aromatic rings. The summed E-state index contributed by atoms with van der Waals surface area (Å²) < 4.78 is 0. The van der Waals surface area contributed by atoms with E-state index in [4.69, 9.17) is 23.2 Å². The molecule has 0 aliphatic rings. The number of amides is 1. The average molecular weight is 258 g/mol. The lowest BCUT2D eigenvalue weighted by atomic mass is 10.1. The van der Waals surface area contributed by atoms with Gasteiger partial charge in [-0.3, -0.25) is 4.79 Å². The molecule has 0 bridgehead atoms. The Morgan fingerprint density at radius 2 is 2.19 bits per heavy atom. The number of rotatable bonds is 5. The minimum Gasteiger partial charge on any atom is -0.339 e. The standard InChI is InChI=1S/C12H13Cl2NO/c1-2-5-11(14)15-12(16)8-9-6-3-4-7-10(9)13/h2-4,6-7,11H,1,5,8H2,(H,15,16). The molecule has 1 unspecified atom stereocenters. The second kappa shape index (κ2) is 6.56. The molecule has 0 aliphatic carbocycles. The van der Waals surface area contributed by atoms with E-state index in [0.717, 1.165) is 5.56 Å². The lowest BCUT2D eigenvalue weighted by molar-refractivity contribution is -0.120. The number of alkyl halides is 1. The van der Waals surface area contributed by atoms with Crippen LogP contribution in [0.4, 0.5) is 0 Å². The Hall–Kier alpha value is -0.990. The molecule has 0 aromatic heterocycles. The fraction of sp³-hybridized carbons (Fsp3) is 0.250. The molecule has 1 aromatic carbocycles. The SMILES string of the molecule is C=CCC(Cl)NC(=O)Cc1ccccc1Cl. The van der Waals surface area contributed by atoms with Crippen molar-refractivity contribution >= 4 is 29.1 Å². The molecule has 1 atom stereocenters. The molecule has 0 saturated carbocycles. The molecule has 0 fully saturated rings. The molecule has 0 radical (unpaired) electrons. The minimum absolute atomic E-state index is 0.144. The highest BCUT2D eigenvalue weighted by Gasteiger charge is 2.09. The summed E-state index contributed by atoms with van der Waals surface area (Å²) in [4.78, 5) is 11.6. The average Bonchev–Trinajstić information content (AvgIpc) is 2.21. The molecule has 4 heteroatoms. The maximum atomic E-state index is 11.6. The third-order valence-electron chi connectivity index (χ3n) is 2.00. The number of carbonyl (C=O) groups is 1. The van der Waals surface area contributed by atoms with Gasteiger partial charge in [0.1, 0.15) is 5.50 Å². The van der Waals surface area contributed by atoms with Gasteiger partial charge in [-0.25, -0.2) is 0 Å². The highest BCUT2D eigenvalue weighted by atomic mass is 35.5. The Balaban J connectivity index is 2.52. The Morgan fingerprint density at radius 1 is 1.50 bits per heavy atom. The van der Waals surface area contributed by atoms with Crippen LogP contribution >= 0.6 is 23.2 Å². The van der Waals surface area contributed by atoms with Crippen molar-refractivity contribution in [2.75, 3.05) is 0 Å². The predicted octanol–water partition coefficient (Wildman–Crippen LogP) is 3.14. The quantitative estimate of drug-likeness (QED) is 0.490. The van der Waals surface area contributed by atoms with E-state index in [2.05, 4.69) is 11.9 Å². The molecule has 0 saturated heterocycles. The van der Waals surface area contributed by atoms with Crippen molar-refractivity contribution < 1.29 is 4.79 Å². The molecule has 1 amide bonds. The molecule has 0 spiro atoms. The third kappa shape index (κ3) is 4.25. The van der Waals surface area contributed by atoms with Crippen LogP contribution in [0.2, 0.25) is 5.02 Å². The van der Waals surface area contributed by atoms with Crippen LogP contribution < -0.4 is 5.32 Å². The van der Waals surface area contributed by atoms with E-state index in [9.17, 15) is 4.79 Å². The molecular weight excluding hydrogens is 245 g/mol. The Labute approximate surface area is 105 Å². The van der Waals surface area contributed by atoms with Crippen LogP contribution in [0.3, 0.4) is 0 Å². The van der Waals surface area contributed by atoms with Crippen molar-refractivity contribution in [2.24, 2.45) is 0 Å². The van der Waals surface area contributed by atoms with Gasteiger partial charge in [-0.1, -0.05) is 47.5 Å². The van der Waals surface area contributed by atoms with Crippen molar-refractivity contribution in [3.63, 3.8) is 0 Å². The van der Waals surface area contributed by atoms with Gasteiger partial charge in [0.15, 0.2) is 0 Å². The van der Waals surface area contributed by atoms with E-state index in [1.807, 2.05) is 18.2 Å². The monoisotopic (exact) mass is 257 g/mol. The zero-order valence-electron chi connectivity index (χ0n) is 8.75. The molecule has 2 nitrogen and oxygen atoms in total. The van der Waals surface area contributed by atoms with Gasteiger partial charge in [0.25, 0.3) is 0 Å². The van der Waals surface area contributed by atoms with Crippen LogP contribution in [-0.2, 0) is 11.2 Å². The topological polar surface area (TPSA) is 29.1 Å². The summed E-state index contributed by atoms with van der Waals surface area (Å²) in [6.45, 7) is 3.55. The Bertz CT molecular complexity index is 379. The number of halogens is 2. The molecule has 0 aliphatic heterocycles. The van der Waals surface area contributed by atoms with Gasteiger partial charge in [-0.2, -0.15) is 0 Å². The number of hydrogen-bond donors (Lipinski definition) is 1. The molecular formula is C12H13Cl2NO. The first kappa shape index (κ1) is 13.1. The van der Waals surface area contributed by atoms with Crippen molar-refractivity contribution in [1.82, 2.24) is 5.32 Å². The number of hydrogen-bond acceptors (Lipinski definition) is 1. The van der Waals surface area contributed by atoms with E-state index >= 15 is 0 Å². The van der Waals surface area contributed by atoms with E-state index in [1.165, 1.54) is 0 Å². The van der Waals surface area contributed by atoms with Crippen LogP contribution in [0.5, 0.6) is 0 Å². The second-order valence-electron chi connectivity index (χ2n) is 3.33. The van der Waals surface area contributed by atoms with Crippen LogP contribution in [0.25, 0.3) is 0 Å². The van der Waals surface area contributed by atoms with E-state index in [0.29, 0.717) is 11.4 Å². The molecule has 1 rings (SSSR count). The molecule has 16 heavy (non-hydrogen) atoms. The van der Waals surface area contributed by atoms with Crippen LogP contribution in [-0.4, -0.2) is 11.4 Å². The summed E-state index contributed by atoms with van der Waals surface area (Å²) in [5.41, 5.74) is 0.386. The number of benzene rings is 1. The Kier molecular flexibility index (Phi) is 5.36. The first-order chi connectivity index (χ1) is 7.63. The van der Waals surface area contributed by atoms with E-state index in [-0.39, 0.29) is 12.3 Å². The van der Waals surface area contributed by atoms with Gasteiger partial charge in [0.05, 0.1) is 6.42 Å². The van der Waals surface area contributed by atoms with Crippen molar-refractivity contribution in [2.45, 2.75) is 18.3 Å². The molecule has 0 heterocycles. The van der Waals surface area contributed by atoms with Crippen LogP contribution in [0.1, 0.15) is 12.0 Å². The smallest absolute Gasteiger partial charge is 0.225 e. The number of nitrogens with one attached hydrogen (secondary N) is 1. The number of carbonyl (C=O) groups excluding carboxylic acids is 1. The van der Waals surface area contributed by atoms with Gasteiger partial charge in [-0.05, 0) is 18.1 Å². The predicted molar refractivity (Wildman–Crippen MR) is 67.8 cm³/mol. The lowest BCUT2D eigenvalue weighted by Gasteiger charge is -2.10. The maximum absolute atomic E-state index is 11.6. The first-order valence-corrected chi connectivity index (χ1v) is 5.72. The van der Waals surface area contributed by atoms with E-state index in [1.54, 1.807) is 12.1 Å². The van der Waals surface area contributed by atoms with Gasteiger partial charge in [-0.15, -0.1) is 6.58 Å². The molecule has 86 valence electrons. The summed E-state index contributed by atoms with van der Waals surface area (Å²) >= 11 is 11.8. The zero-order valence-corrected chi connectivity index (χ0v) is 10.3. The lowest BCUT2D eigenvalue weighted by Crippen LogP contribution is -2.31. The zero-order chi connectivity index (χ0) is 12.0. The summed E-state index contributed by atoms with van der Waals surface area (Å²) in [5.74, 6) is -0.144. The molecule has 1 N–H and O–H groups in total. The largest absolute Gasteiger partial charge is 0.339 e. The highest BCUT2D eigenvalue weighted by Crippen LogP contribution is 2.15. The van der Waals surface area contributed by atoms with Gasteiger partial charge < -0.3 is 5.32 Å². The summed E-state index contributed by atoms with van der Waals surface area (Å²) in [6.07, 6.45) is 2.43. The fourth-order valence-electron chi connectivity index (χ4n) is 1.25. The summed E-state index contributed by atoms with van der Waals surface area (Å²) in [7, 11) is 0. The second-order valence-corrected chi connectivity index (χ2v) is 4.26. The van der Waals surface area contributed by atoms with Crippen molar-refractivity contribution in [3.05, 3.63) is 47.5 Å².